The lowest BCUT2D eigenvalue weighted by Gasteiger charge is -2.06. The Kier molecular flexibility index (Phi) is 4.21. The summed E-state index contributed by atoms with van der Waals surface area (Å²) in [6, 6.07) is 0. The van der Waals surface area contributed by atoms with Crippen LogP contribution in [0.3, 0.4) is 0 Å². The fourth-order valence-corrected chi connectivity index (χ4v) is 3.46. The maximum absolute atomic E-state index is 12.3. The molecular weight excluding hydrogens is 284 g/mol. The zero-order valence-corrected chi connectivity index (χ0v) is 12.0. The average Bonchev–Trinajstić information content (AvgIpc) is 2.96. The Balaban J connectivity index is 2.14. The molecule has 0 fully saturated rings. The number of nitrogens with zero attached hydrogens (tertiary/aromatic N) is 2. The Labute approximate surface area is 116 Å². The molecule has 0 saturated carbocycles. The first-order valence-electron chi connectivity index (χ1n) is 5.99. The summed E-state index contributed by atoms with van der Waals surface area (Å²) in [5.74, 6) is 1.28. The van der Waals surface area contributed by atoms with Gasteiger partial charge in [0.15, 0.2) is 5.82 Å². The smallest absolute Gasteiger partial charge is 0.244 e. The lowest BCUT2D eigenvalue weighted by Crippen LogP contribution is -2.27. The summed E-state index contributed by atoms with van der Waals surface area (Å²) in [5.41, 5.74) is 6.08. The van der Waals surface area contributed by atoms with Crippen LogP contribution in [0.2, 0.25) is 0 Å². The van der Waals surface area contributed by atoms with Gasteiger partial charge in [-0.3, -0.25) is 0 Å². The maximum atomic E-state index is 12.3. The van der Waals surface area contributed by atoms with Crippen LogP contribution in [0.25, 0.3) is 0 Å². The molecular formula is C11H16N4O4S. The van der Waals surface area contributed by atoms with Gasteiger partial charge in [-0.2, -0.15) is 4.98 Å². The van der Waals surface area contributed by atoms with Crippen LogP contribution in [0.1, 0.15) is 22.9 Å². The van der Waals surface area contributed by atoms with Gasteiger partial charge in [0.1, 0.15) is 16.4 Å². The molecule has 8 nitrogen and oxygen atoms in total. The van der Waals surface area contributed by atoms with E-state index in [0.29, 0.717) is 29.3 Å². The summed E-state index contributed by atoms with van der Waals surface area (Å²) in [6.07, 6.45) is 1.53. The van der Waals surface area contributed by atoms with Crippen LogP contribution in [-0.2, 0) is 23.0 Å². The molecule has 2 rings (SSSR count). The Hall–Kier alpha value is -1.71. The molecule has 0 aromatic carbocycles. The highest BCUT2D eigenvalue weighted by Crippen LogP contribution is 2.25. The van der Waals surface area contributed by atoms with Gasteiger partial charge in [0, 0.05) is 25.1 Å². The minimum Gasteiger partial charge on any atom is -0.465 e. The molecule has 2 aromatic heterocycles. The van der Waals surface area contributed by atoms with E-state index in [1.165, 1.54) is 6.39 Å². The molecule has 3 N–H and O–H groups in total. The van der Waals surface area contributed by atoms with Crippen LogP contribution in [0.5, 0.6) is 0 Å². The Morgan fingerprint density at radius 1 is 1.35 bits per heavy atom. The van der Waals surface area contributed by atoms with Crippen LogP contribution in [0.4, 0.5) is 0 Å². The van der Waals surface area contributed by atoms with E-state index in [-0.39, 0.29) is 18.0 Å². The first-order valence-corrected chi connectivity index (χ1v) is 7.48. The molecule has 0 aliphatic heterocycles. The number of sulfonamides is 1. The Morgan fingerprint density at radius 3 is 2.70 bits per heavy atom. The van der Waals surface area contributed by atoms with E-state index >= 15 is 0 Å². The van der Waals surface area contributed by atoms with E-state index in [1.807, 2.05) is 0 Å². The summed E-state index contributed by atoms with van der Waals surface area (Å²) in [6.45, 7) is 3.55. The van der Waals surface area contributed by atoms with Crippen LogP contribution in [-0.4, -0.2) is 25.1 Å². The van der Waals surface area contributed by atoms with E-state index < -0.39 is 10.0 Å². The zero-order valence-electron chi connectivity index (χ0n) is 11.2. The second-order valence-corrected chi connectivity index (χ2v) is 5.93. The fourth-order valence-electron chi connectivity index (χ4n) is 1.97. The van der Waals surface area contributed by atoms with Crippen molar-refractivity contribution in [3.8, 4) is 0 Å². The van der Waals surface area contributed by atoms with Gasteiger partial charge < -0.3 is 14.7 Å². The molecule has 9 heteroatoms. The van der Waals surface area contributed by atoms with E-state index in [2.05, 4.69) is 19.4 Å². The third-order valence-electron chi connectivity index (χ3n) is 2.85. The van der Waals surface area contributed by atoms with Crippen molar-refractivity contribution in [1.29, 1.82) is 0 Å². The number of aryl methyl sites for hydroxylation is 2. The van der Waals surface area contributed by atoms with Crippen LogP contribution >= 0.6 is 0 Å². The number of nitrogens with one attached hydrogen (secondary N) is 1. The third-order valence-corrected chi connectivity index (χ3v) is 4.50. The summed E-state index contributed by atoms with van der Waals surface area (Å²) in [7, 11) is -3.68. The Bertz CT molecular complexity index is 676. The van der Waals surface area contributed by atoms with E-state index in [9.17, 15) is 8.42 Å². The van der Waals surface area contributed by atoms with Gasteiger partial charge >= 0.3 is 0 Å². The molecule has 0 atom stereocenters. The zero-order chi connectivity index (χ0) is 14.8. The summed E-state index contributed by atoms with van der Waals surface area (Å²) in [4.78, 5) is 3.93. The van der Waals surface area contributed by atoms with Gasteiger partial charge in [-0.1, -0.05) is 5.16 Å². The second kappa shape index (κ2) is 5.73. The number of aromatic nitrogens is 2. The van der Waals surface area contributed by atoms with E-state index in [1.54, 1.807) is 13.8 Å². The van der Waals surface area contributed by atoms with Crippen LogP contribution < -0.4 is 10.5 Å². The normalized spacial score (nSPS) is 11.9. The Morgan fingerprint density at radius 2 is 2.10 bits per heavy atom. The van der Waals surface area contributed by atoms with Gasteiger partial charge in [-0.05, 0) is 13.8 Å². The lowest BCUT2D eigenvalue weighted by molar-refractivity contribution is 0.409. The van der Waals surface area contributed by atoms with Crippen molar-refractivity contribution in [3.63, 3.8) is 0 Å². The van der Waals surface area contributed by atoms with Crippen molar-refractivity contribution < 1.29 is 17.4 Å². The second-order valence-electron chi connectivity index (χ2n) is 4.22. The predicted octanol–water partition coefficient (Wildman–Crippen LogP) is 0.259. The van der Waals surface area contributed by atoms with Gasteiger partial charge in [-0.15, -0.1) is 0 Å². The number of nitrogens with two attached hydrogens (primary N) is 1. The average molecular weight is 300 g/mol. The molecule has 0 saturated heterocycles. The third kappa shape index (κ3) is 2.89. The van der Waals surface area contributed by atoms with Crippen LogP contribution in [0.15, 0.2) is 20.2 Å². The molecule has 20 heavy (non-hydrogen) atoms. The van der Waals surface area contributed by atoms with Gasteiger partial charge in [-0.25, -0.2) is 13.1 Å². The first-order chi connectivity index (χ1) is 9.45. The molecule has 2 heterocycles. The predicted molar refractivity (Wildman–Crippen MR) is 69.3 cm³/mol. The van der Waals surface area contributed by atoms with Gasteiger partial charge in [0.25, 0.3) is 0 Å². The topological polar surface area (TPSA) is 124 Å². The van der Waals surface area contributed by atoms with Crippen molar-refractivity contribution >= 4 is 10.0 Å². The van der Waals surface area contributed by atoms with Gasteiger partial charge in [0.05, 0.1) is 0 Å². The molecule has 2 aromatic rings. The highest BCUT2D eigenvalue weighted by atomic mass is 32.2. The minimum atomic E-state index is -3.68. The molecule has 110 valence electrons. The van der Waals surface area contributed by atoms with Crippen LogP contribution in [0, 0.1) is 13.8 Å². The van der Waals surface area contributed by atoms with Crippen molar-refractivity contribution in [2.45, 2.75) is 31.7 Å². The lowest BCUT2D eigenvalue weighted by atomic mass is 10.2. The standard InChI is InChI=1S/C11H16N4O4S/c1-7-9(5-12)11(8(2)19-7)20(16,17)14-4-3-10-13-6-18-15-10/h6,14H,3-5,12H2,1-2H3. The molecule has 0 unspecified atom stereocenters. The van der Waals surface area contributed by atoms with Crippen molar-refractivity contribution in [3.05, 3.63) is 29.3 Å². The molecule has 0 aliphatic carbocycles. The number of furan rings is 1. The van der Waals surface area contributed by atoms with E-state index in [4.69, 9.17) is 10.2 Å². The monoisotopic (exact) mass is 300 g/mol. The highest BCUT2D eigenvalue weighted by molar-refractivity contribution is 7.89. The molecule has 0 aliphatic rings. The van der Waals surface area contributed by atoms with Crippen molar-refractivity contribution in [2.75, 3.05) is 6.54 Å². The summed E-state index contributed by atoms with van der Waals surface area (Å²) < 4.78 is 37.0. The molecule has 0 radical (unpaired) electrons. The number of rotatable bonds is 6. The number of hydrogen-bond donors (Lipinski definition) is 2. The SMILES string of the molecule is Cc1oc(C)c(S(=O)(=O)NCCc2ncon2)c1CN. The summed E-state index contributed by atoms with van der Waals surface area (Å²) >= 11 is 0. The molecule has 0 amide bonds. The van der Waals surface area contributed by atoms with Gasteiger partial charge in [0.2, 0.25) is 16.4 Å². The first kappa shape index (κ1) is 14.7. The highest BCUT2D eigenvalue weighted by Gasteiger charge is 2.25. The number of hydrogen-bond acceptors (Lipinski definition) is 7. The summed E-state index contributed by atoms with van der Waals surface area (Å²) in [5, 5.41) is 3.60. The fraction of sp³-hybridized carbons (Fsp3) is 0.455. The van der Waals surface area contributed by atoms with Crippen molar-refractivity contribution in [1.82, 2.24) is 14.9 Å². The van der Waals surface area contributed by atoms with Crippen molar-refractivity contribution in [2.24, 2.45) is 5.73 Å². The largest absolute Gasteiger partial charge is 0.465 e. The quantitative estimate of drug-likeness (QED) is 0.783. The maximum Gasteiger partial charge on any atom is 0.244 e. The van der Waals surface area contributed by atoms with E-state index in [0.717, 1.165) is 0 Å². The molecule has 0 bridgehead atoms. The molecule has 0 spiro atoms. The minimum absolute atomic E-state index is 0.101.